The first-order chi connectivity index (χ1) is 12.8. The Morgan fingerprint density at radius 3 is 2.85 bits per heavy atom. The maximum absolute atomic E-state index is 10.1. The van der Waals surface area contributed by atoms with Gasteiger partial charge in [-0.3, -0.25) is 0 Å². The Hall–Kier alpha value is -1.85. The van der Waals surface area contributed by atoms with Crippen molar-refractivity contribution in [3.05, 3.63) is 30.0 Å². The third-order valence-electron chi connectivity index (χ3n) is 6.05. The van der Waals surface area contributed by atoms with Crippen LogP contribution in [-0.2, 0) is 6.42 Å². The van der Waals surface area contributed by atoms with Crippen molar-refractivity contribution in [2.45, 2.75) is 50.6 Å². The Bertz CT molecular complexity index is 755. The van der Waals surface area contributed by atoms with E-state index in [0.717, 1.165) is 31.4 Å². The molecule has 1 aliphatic heterocycles. The zero-order valence-electron chi connectivity index (χ0n) is 15.7. The molecule has 1 aromatic heterocycles. The molecule has 0 amide bonds. The summed E-state index contributed by atoms with van der Waals surface area (Å²) < 4.78 is 0. The minimum absolute atomic E-state index is 0.155. The van der Waals surface area contributed by atoms with Crippen LogP contribution < -0.4 is 15.5 Å². The molecule has 2 heterocycles. The molecule has 0 saturated heterocycles. The van der Waals surface area contributed by atoms with E-state index in [9.17, 15) is 5.11 Å². The molecule has 5 heteroatoms. The first-order valence-corrected chi connectivity index (χ1v) is 10.0. The van der Waals surface area contributed by atoms with Gasteiger partial charge in [0.25, 0.3) is 0 Å². The Kier molecular flexibility index (Phi) is 5.27. The Morgan fingerprint density at radius 2 is 2.04 bits per heavy atom. The Labute approximate surface area is 155 Å². The molecule has 0 radical (unpaired) electrons. The van der Waals surface area contributed by atoms with E-state index in [2.05, 4.69) is 32.7 Å². The molecule has 1 fully saturated rings. The summed E-state index contributed by atoms with van der Waals surface area (Å²) in [6, 6.07) is 7.53. The van der Waals surface area contributed by atoms with Gasteiger partial charge in [-0.15, -0.1) is 0 Å². The predicted octanol–water partition coefficient (Wildman–Crippen LogP) is 2.81. The third-order valence-corrected chi connectivity index (χ3v) is 6.05. The number of hydrogen-bond donors (Lipinski definition) is 3. The van der Waals surface area contributed by atoms with E-state index < -0.39 is 0 Å². The largest absolute Gasteiger partial charge is 0.493 e. The van der Waals surface area contributed by atoms with Crippen LogP contribution in [0.4, 0.5) is 5.69 Å². The normalized spacial score (nSPS) is 22.7. The van der Waals surface area contributed by atoms with Crippen molar-refractivity contribution in [2.24, 2.45) is 0 Å². The fraction of sp³-hybridized carbons (Fsp3) is 0.571. The first kappa shape index (κ1) is 17.6. The average Bonchev–Trinajstić information content (AvgIpc) is 2.69. The van der Waals surface area contributed by atoms with E-state index in [1.165, 1.54) is 48.7 Å². The van der Waals surface area contributed by atoms with Crippen molar-refractivity contribution in [1.82, 2.24) is 15.6 Å². The highest BCUT2D eigenvalue weighted by molar-refractivity contribution is 6.00. The van der Waals surface area contributed by atoms with Crippen molar-refractivity contribution >= 4 is 16.5 Å². The monoisotopic (exact) mass is 354 g/mol. The summed E-state index contributed by atoms with van der Waals surface area (Å²) >= 11 is 0. The van der Waals surface area contributed by atoms with Crippen molar-refractivity contribution in [3.8, 4) is 5.88 Å². The van der Waals surface area contributed by atoms with Gasteiger partial charge in [0, 0.05) is 41.3 Å². The van der Waals surface area contributed by atoms with Crippen LogP contribution in [0.25, 0.3) is 10.8 Å². The van der Waals surface area contributed by atoms with E-state index in [0.29, 0.717) is 12.1 Å². The Morgan fingerprint density at radius 1 is 1.19 bits per heavy atom. The van der Waals surface area contributed by atoms with Gasteiger partial charge < -0.3 is 20.6 Å². The number of anilines is 1. The minimum Gasteiger partial charge on any atom is -0.493 e. The molecule has 1 aromatic carbocycles. The molecule has 26 heavy (non-hydrogen) atoms. The summed E-state index contributed by atoms with van der Waals surface area (Å²) in [4.78, 5) is 6.76. The average molecular weight is 354 g/mol. The summed E-state index contributed by atoms with van der Waals surface area (Å²) in [5.74, 6) is 0.155. The summed E-state index contributed by atoms with van der Waals surface area (Å²) in [5.41, 5.74) is 2.55. The van der Waals surface area contributed by atoms with Crippen LogP contribution in [0.3, 0.4) is 0 Å². The number of pyridine rings is 1. The molecule has 5 nitrogen and oxygen atoms in total. The number of nitrogens with zero attached hydrogens (tertiary/aromatic N) is 2. The van der Waals surface area contributed by atoms with Gasteiger partial charge in [0.15, 0.2) is 0 Å². The van der Waals surface area contributed by atoms with Crippen molar-refractivity contribution < 1.29 is 5.11 Å². The summed E-state index contributed by atoms with van der Waals surface area (Å²) in [6.07, 6.45) is 9.06. The van der Waals surface area contributed by atoms with Gasteiger partial charge in [-0.1, -0.05) is 6.07 Å². The van der Waals surface area contributed by atoms with E-state index in [1.54, 1.807) is 0 Å². The van der Waals surface area contributed by atoms with Gasteiger partial charge in [-0.25, -0.2) is 4.98 Å². The van der Waals surface area contributed by atoms with E-state index in [4.69, 9.17) is 0 Å². The quantitative estimate of drug-likeness (QED) is 0.697. The lowest BCUT2D eigenvalue weighted by Gasteiger charge is -2.41. The SMILES string of the molecule is CNCCCNC1CCC(N2CCc3cnc(O)c4cccc2c34)CC1. The number of aromatic nitrogens is 1. The lowest BCUT2D eigenvalue weighted by molar-refractivity contribution is 0.330. The zero-order valence-corrected chi connectivity index (χ0v) is 15.7. The van der Waals surface area contributed by atoms with Crippen LogP contribution in [0.5, 0.6) is 5.88 Å². The van der Waals surface area contributed by atoms with Crippen molar-refractivity contribution in [2.75, 3.05) is 31.6 Å². The molecule has 4 rings (SSSR count). The fourth-order valence-electron chi connectivity index (χ4n) is 4.67. The second kappa shape index (κ2) is 7.80. The number of hydrogen-bond acceptors (Lipinski definition) is 5. The maximum Gasteiger partial charge on any atom is 0.218 e. The number of rotatable bonds is 6. The Balaban J connectivity index is 1.45. The van der Waals surface area contributed by atoms with Crippen LogP contribution in [0.15, 0.2) is 24.4 Å². The molecule has 140 valence electrons. The van der Waals surface area contributed by atoms with Crippen LogP contribution in [-0.4, -0.2) is 48.9 Å². The van der Waals surface area contributed by atoms with Crippen molar-refractivity contribution in [3.63, 3.8) is 0 Å². The standard InChI is InChI=1S/C21H30N4O/c1-22-11-3-12-23-16-6-8-17(9-7-16)25-13-10-15-14-24-21(26)18-4-2-5-19(25)20(15)18/h2,4-5,14,16-17,22-23H,3,6-13H2,1H3,(H,24,26). The van der Waals surface area contributed by atoms with Gasteiger partial charge in [0.2, 0.25) is 5.88 Å². The lowest BCUT2D eigenvalue weighted by atomic mass is 9.88. The topological polar surface area (TPSA) is 60.4 Å². The number of nitrogens with one attached hydrogen (secondary N) is 2. The molecule has 0 atom stereocenters. The van der Waals surface area contributed by atoms with Crippen LogP contribution in [0.2, 0.25) is 0 Å². The number of aromatic hydroxyl groups is 1. The van der Waals surface area contributed by atoms with Gasteiger partial charge in [-0.05, 0) is 76.4 Å². The molecule has 0 bridgehead atoms. The molecule has 1 saturated carbocycles. The van der Waals surface area contributed by atoms with Crippen molar-refractivity contribution in [1.29, 1.82) is 0 Å². The van der Waals surface area contributed by atoms with Gasteiger partial charge in [-0.2, -0.15) is 0 Å². The second-order valence-electron chi connectivity index (χ2n) is 7.67. The van der Waals surface area contributed by atoms with Gasteiger partial charge >= 0.3 is 0 Å². The molecule has 0 spiro atoms. The highest BCUT2D eigenvalue weighted by Crippen LogP contribution is 2.39. The molecular formula is C21H30N4O. The highest BCUT2D eigenvalue weighted by atomic mass is 16.3. The summed E-state index contributed by atoms with van der Waals surface area (Å²) in [5, 5.41) is 19.2. The van der Waals surface area contributed by atoms with E-state index >= 15 is 0 Å². The second-order valence-corrected chi connectivity index (χ2v) is 7.67. The fourth-order valence-corrected chi connectivity index (χ4v) is 4.67. The molecule has 0 unspecified atom stereocenters. The molecule has 2 aliphatic rings. The first-order valence-electron chi connectivity index (χ1n) is 10.0. The van der Waals surface area contributed by atoms with Gasteiger partial charge in [0.1, 0.15) is 0 Å². The summed E-state index contributed by atoms with van der Waals surface area (Å²) in [6.45, 7) is 3.25. The minimum atomic E-state index is 0.155. The van der Waals surface area contributed by atoms with Crippen LogP contribution in [0, 0.1) is 0 Å². The van der Waals surface area contributed by atoms with E-state index in [-0.39, 0.29) is 5.88 Å². The smallest absolute Gasteiger partial charge is 0.218 e. The summed E-state index contributed by atoms with van der Waals surface area (Å²) in [7, 11) is 2.01. The molecule has 1 aliphatic carbocycles. The van der Waals surface area contributed by atoms with Crippen LogP contribution >= 0.6 is 0 Å². The number of benzene rings is 1. The predicted molar refractivity (Wildman–Crippen MR) is 107 cm³/mol. The van der Waals surface area contributed by atoms with E-state index in [1.807, 2.05) is 19.3 Å². The maximum atomic E-state index is 10.1. The molecule has 3 N–H and O–H groups in total. The molecule has 2 aromatic rings. The highest BCUT2D eigenvalue weighted by Gasteiger charge is 2.29. The zero-order chi connectivity index (χ0) is 17.9. The third kappa shape index (κ3) is 3.38. The van der Waals surface area contributed by atoms with Gasteiger partial charge in [0.05, 0.1) is 0 Å². The lowest BCUT2D eigenvalue weighted by Crippen LogP contribution is -2.44. The molecular weight excluding hydrogens is 324 g/mol. The van der Waals surface area contributed by atoms with Crippen LogP contribution in [0.1, 0.15) is 37.7 Å².